The highest BCUT2D eigenvalue weighted by molar-refractivity contribution is 5.70. The van der Waals surface area contributed by atoms with Crippen molar-refractivity contribution in [2.24, 2.45) is 11.8 Å². The average Bonchev–Trinajstić information content (AvgIpc) is 2.01. The number of hydrogen-bond acceptors (Lipinski definition) is 2. The maximum absolute atomic E-state index is 12.2. The van der Waals surface area contributed by atoms with Crippen molar-refractivity contribution in [2.75, 3.05) is 20.1 Å². The Bertz CT molecular complexity index is 209. The second-order valence-electron chi connectivity index (χ2n) is 3.88. The number of piperidine rings is 1. The number of nitrogens with zero attached hydrogens (tertiary/aromatic N) is 1. The summed E-state index contributed by atoms with van der Waals surface area (Å²) in [5.74, 6) is -1.95. The summed E-state index contributed by atoms with van der Waals surface area (Å²) in [6.45, 7) is 1.14. The molecule has 2 atom stereocenters. The third-order valence-corrected chi connectivity index (χ3v) is 2.74. The standard InChI is InChI=1S/C9H15F2NO2/c1-12-3-2-7(9(13)14)6(5-12)4-8(10)11/h6-8H,2-5H2,1H3,(H,13,14). The molecule has 2 unspecified atom stereocenters. The third-order valence-electron chi connectivity index (χ3n) is 2.74. The van der Waals surface area contributed by atoms with Crippen LogP contribution in [0.5, 0.6) is 0 Å². The van der Waals surface area contributed by atoms with E-state index in [9.17, 15) is 13.6 Å². The Morgan fingerprint density at radius 1 is 1.64 bits per heavy atom. The highest BCUT2D eigenvalue weighted by atomic mass is 19.3. The Balaban J connectivity index is 2.59. The fourth-order valence-corrected chi connectivity index (χ4v) is 2.01. The number of carboxylic acid groups (broad SMARTS) is 1. The minimum atomic E-state index is -2.41. The van der Waals surface area contributed by atoms with Crippen molar-refractivity contribution in [3.05, 3.63) is 0 Å². The van der Waals surface area contributed by atoms with Gasteiger partial charge in [-0.1, -0.05) is 0 Å². The van der Waals surface area contributed by atoms with Gasteiger partial charge < -0.3 is 10.0 Å². The average molecular weight is 207 g/mol. The number of alkyl halides is 2. The van der Waals surface area contributed by atoms with Crippen LogP contribution in [0.15, 0.2) is 0 Å². The molecule has 82 valence electrons. The van der Waals surface area contributed by atoms with E-state index in [1.54, 1.807) is 0 Å². The SMILES string of the molecule is CN1CCC(C(=O)O)C(CC(F)F)C1. The zero-order valence-corrected chi connectivity index (χ0v) is 8.12. The number of rotatable bonds is 3. The molecule has 0 aliphatic carbocycles. The highest BCUT2D eigenvalue weighted by Crippen LogP contribution is 2.28. The predicted octanol–water partition coefficient (Wildman–Crippen LogP) is 1.29. The van der Waals surface area contributed by atoms with Crippen molar-refractivity contribution >= 4 is 5.97 Å². The second kappa shape index (κ2) is 4.68. The van der Waals surface area contributed by atoms with Gasteiger partial charge in [-0.15, -0.1) is 0 Å². The molecule has 0 bridgehead atoms. The monoisotopic (exact) mass is 207 g/mol. The summed E-state index contributed by atoms with van der Waals surface area (Å²) in [5, 5.41) is 8.84. The summed E-state index contributed by atoms with van der Waals surface area (Å²) in [7, 11) is 1.83. The van der Waals surface area contributed by atoms with E-state index in [-0.39, 0.29) is 6.42 Å². The van der Waals surface area contributed by atoms with Crippen LogP contribution < -0.4 is 0 Å². The molecule has 1 aliphatic rings. The number of carboxylic acids is 1. The van der Waals surface area contributed by atoms with E-state index in [1.807, 2.05) is 11.9 Å². The third kappa shape index (κ3) is 2.90. The van der Waals surface area contributed by atoms with Crippen LogP contribution in [0.3, 0.4) is 0 Å². The summed E-state index contributed by atoms with van der Waals surface area (Å²) in [5.41, 5.74) is 0. The van der Waals surface area contributed by atoms with Gasteiger partial charge in [0.1, 0.15) is 0 Å². The van der Waals surface area contributed by atoms with E-state index in [2.05, 4.69) is 0 Å². The summed E-state index contributed by atoms with van der Waals surface area (Å²) in [6, 6.07) is 0. The molecular formula is C9H15F2NO2. The van der Waals surface area contributed by atoms with Gasteiger partial charge in [0, 0.05) is 13.0 Å². The smallest absolute Gasteiger partial charge is 0.306 e. The Labute approximate surface area is 81.7 Å². The Hall–Kier alpha value is -0.710. The molecule has 3 nitrogen and oxygen atoms in total. The van der Waals surface area contributed by atoms with E-state index in [0.29, 0.717) is 19.5 Å². The summed E-state index contributed by atoms with van der Waals surface area (Å²) in [6.07, 6.45) is -2.24. The van der Waals surface area contributed by atoms with Crippen molar-refractivity contribution in [1.29, 1.82) is 0 Å². The van der Waals surface area contributed by atoms with Crippen molar-refractivity contribution in [1.82, 2.24) is 4.90 Å². The first-order valence-electron chi connectivity index (χ1n) is 4.70. The summed E-state index contributed by atoms with van der Waals surface area (Å²) >= 11 is 0. The minimum Gasteiger partial charge on any atom is -0.481 e. The van der Waals surface area contributed by atoms with Gasteiger partial charge in [-0.05, 0) is 25.9 Å². The van der Waals surface area contributed by atoms with Gasteiger partial charge in [0.25, 0.3) is 0 Å². The quantitative estimate of drug-likeness (QED) is 0.758. The van der Waals surface area contributed by atoms with Crippen LogP contribution in [-0.4, -0.2) is 42.5 Å². The van der Waals surface area contributed by atoms with Crippen LogP contribution in [0.4, 0.5) is 8.78 Å². The molecule has 0 aromatic heterocycles. The topological polar surface area (TPSA) is 40.5 Å². The Morgan fingerprint density at radius 3 is 2.79 bits per heavy atom. The fraction of sp³-hybridized carbons (Fsp3) is 0.889. The van der Waals surface area contributed by atoms with E-state index in [0.717, 1.165) is 0 Å². The van der Waals surface area contributed by atoms with Crippen molar-refractivity contribution in [3.63, 3.8) is 0 Å². The normalized spacial score (nSPS) is 29.4. The molecule has 1 heterocycles. The van der Waals surface area contributed by atoms with Gasteiger partial charge in [-0.25, -0.2) is 8.78 Å². The van der Waals surface area contributed by atoms with Crippen molar-refractivity contribution < 1.29 is 18.7 Å². The van der Waals surface area contributed by atoms with Gasteiger partial charge in [-0.3, -0.25) is 4.79 Å². The van der Waals surface area contributed by atoms with Gasteiger partial charge in [0.2, 0.25) is 6.43 Å². The van der Waals surface area contributed by atoms with E-state index in [1.165, 1.54) is 0 Å². The number of halogens is 2. The molecule has 0 aromatic carbocycles. The number of hydrogen-bond donors (Lipinski definition) is 1. The maximum Gasteiger partial charge on any atom is 0.306 e. The molecular weight excluding hydrogens is 192 g/mol. The lowest BCUT2D eigenvalue weighted by Crippen LogP contribution is -2.42. The molecule has 1 N–H and O–H groups in total. The van der Waals surface area contributed by atoms with Crippen LogP contribution in [-0.2, 0) is 4.79 Å². The molecule has 0 aromatic rings. The number of likely N-dealkylation sites (tertiary alicyclic amines) is 1. The van der Waals surface area contributed by atoms with Crippen LogP contribution in [0.25, 0.3) is 0 Å². The predicted molar refractivity (Wildman–Crippen MR) is 47.4 cm³/mol. The molecule has 1 fully saturated rings. The lowest BCUT2D eigenvalue weighted by Gasteiger charge is -2.34. The van der Waals surface area contributed by atoms with Gasteiger partial charge in [0.05, 0.1) is 5.92 Å². The van der Waals surface area contributed by atoms with Crippen LogP contribution in [0, 0.1) is 11.8 Å². The van der Waals surface area contributed by atoms with Crippen LogP contribution in [0.1, 0.15) is 12.8 Å². The Morgan fingerprint density at radius 2 is 2.29 bits per heavy atom. The Kier molecular flexibility index (Phi) is 3.80. The minimum absolute atomic E-state index is 0.304. The van der Waals surface area contributed by atoms with E-state index < -0.39 is 24.2 Å². The zero-order chi connectivity index (χ0) is 10.7. The summed E-state index contributed by atoms with van der Waals surface area (Å²) in [4.78, 5) is 12.7. The highest BCUT2D eigenvalue weighted by Gasteiger charge is 2.34. The first-order chi connectivity index (χ1) is 6.50. The number of aliphatic carboxylic acids is 1. The molecule has 0 saturated carbocycles. The lowest BCUT2D eigenvalue weighted by molar-refractivity contribution is -0.146. The molecule has 14 heavy (non-hydrogen) atoms. The maximum atomic E-state index is 12.2. The van der Waals surface area contributed by atoms with Gasteiger partial charge >= 0.3 is 5.97 Å². The summed E-state index contributed by atoms with van der Waals surface area (Å²) < 4.78 is 24.3. The molecule has 0 radical (unpaired) electrons. The van der Waals surface area contributed by atoms with Crippen LogP contribution in [0.2, 0.25) is 0 Å². The number of carbonyl (C=O) groups is 1. The van der Waals surface area contributed by atoms with E-state index in [4.69, 9.17) is 5.11 Å². The van der Waals surface area contributed by atoms with Crippen LogP contribution >= 0.6 is 0 Å². The van der Waals surface area contributed by atoms with Gasteiger partial charge in [-0.2, -0.15) is 0 Å². The lowest BCUT2D eigenvalue weighted by atomic mass is 9.83. The van der Waals surface area contributed by atoms with E-state index >= 15 is 0 Å². The largest absolute Gasteiger partial charge is 0.481 e. The molecule has 1 aliphatic heterocycles. The first-order valence-corrected chi connectivity index (χ1v) is 4.70. The van der Waals surface area contributed by atoms with Gasteiger partial charge in [0.15, 0.2) is 0 Å². The fourth-order valence-electron chi connectivity index (χ4n) is 2.01. The zero-order valence-electron chi connectivity index (χ0n) is 8.12. The second-order valence-corrected chi connectivity index (χ2v) is 3.88. The van der Waals surface area contributed by atoms with Crippen molar-refractivity contribution in [2.45, 2.75) is 19.3 Å². The molecule has 0 amide bonds. The molecule has 5 heteroatoms. The molecule has 1 saturated heterocycles. The molecule has 1 rings (SSSR count). The molecule has 0 spiro atoms. The van der Waals surface area contributed by atoms with Crippen molar-refractivity contribution in [3.8, 4) is 0 Å². The first kappa shape index (κ1) is 11.4.